The van der Waals surface area contributed by atoms with Crippen molar-refractivity contribution < 1.29 is 23.4 Å². The molecule has 0 saturated carbocycles. The summed E-state index contributed by atoms with van der Waals surface area (Å²) >= 11 is 1.47. The third-order valence-electron chi connectivity index (χ3n) is 5.85. The van der Waals surface area contributed by atoms with Gasteiger partial charge in [-0.15, -0.1) is 0 Å². The SMILES string of the molecule is COc1c(O[Si](C)(C)C(C)(C)C)c(C)c2c(c1OC)C(Sc1ccccc1)OC2=O. The van der Waals surface area contributed by atoms with Crippen LogP contribution in [-0.4, -0.2) is 28.5 Å². The smallest absolute Gasteiger partial charge is 0.340 e. The van der Waals surface area contributed by atoms with E-state index in [-0.39, 0.29) is 11.0 Å². The molecule has 3 rings (SSSR count). The molecule has 30 heavy (non-hydrogen) atoms. The van der Waals surface area contributed by atoms with Crippen LogP contribution in [0.1, 0.15) is 47.7 Å². The summed E-state index contributed by atoms with van der Waals surface area (Å²) in [6.07, 6.45) is 0. The summed E-state index contributed by atoms with van der Waals surface area (Å²) in [5.41, 5.74) is 1.43. The number of fused-ring (bicyclic) bond motifs is 1. The van der Waals surface area contributed by atoms with Crippen molar-refractivity contribution >= 4 is 26.0 Å². The van der Waals surface area contributed by atoms with Crippen LogP contribution in [0, 0.1) is 6.92 Å². The third kappa shape index (κ3) is 3.92. The molecule has 0 aliphatic carbocycles. The molecule has 1 heterocycles. The number of rotatable bonds is 6. The number of cyclic esters (lactones) is 1. The first kappa shape index (κ1) is 22.6. The lowest BCUT2D eigenvalue weighted by Gasteiger charge is -2.37. The van der Waals surface area contributed by atoms with E-state index in [0.717, 1.165) is 10.5 Å². The summed E-state index contributed by atoms with van der Waals surface area (Å²) in [6.45, 7) is 12.7. The highest BCUT2D eigenvalue weighted by Gasteiger charge is 2.44. The first-order chi connectivity index (χ1) is 14.0. The molecule has 7 heteroatoms. The predicted molar refractivity (Wildman–Crippen MR) is 123 cm³/mol. The van der Waals surface area contributed by atoms with E-state index in [2.05, 4.69) is 33.9 Å². The molecule has 0 radical (unpaired) electrons. The molecule has 0 amide bonds. The Morgan fingerprint density at radius 1 is 1.00 bits per heavy atom. The van der Waals surface area contributed by atoms with Gasteiger partial charge in [0.25, 0.3) is 8.32 Å². The molecule has 1 atom stereocenters. The molecular weight excluding hydrogens is 416 g/mol. The second kappa shape index (κ2) is 8.19. The van der Waals surface area contributed by atoms with Gasteiger partial charge in [-0.25, -0.2) is 4.79 Å². The summed E-state index contributed by atoms with van der Waals surface area (Å²) in [7, 11) is 0.990. The van der Waals surface area contributed by atoms with Crippen molar-refractivity contribution in [3.05, 3.63) is 47.0 Å². The Labute approximate surface area is 184 Å². The van der Waals surface area contributed by atoms with E-state index in [0.29, 0.717) is 28.4 Å². The molecule has 1 aliphatic heterocycles. The van der Waals surface area contributed by atoms with Crippen molar-refractivity contribution in [2.45, 2.75) is 56.2 Å². The Balaban J connectivity index is 2.16. The molecule has 0 bridgehead atoms. The summed E-state index contributed by atoms with van der Waals surface area (Å²) in [6, 6.07) is 9.85. The van der Waals surface area contributed by atoms with Crippen LogP contribution in [0.15, 0.2) is 35.2 Å². The molecule has 162 valence electrons. The fourth-order valence-electron chi connectivity index (χ4n) is 3.15. The number of esters is 1. The molecule has 2 aromatic carbocycles. The lowest BCUT2D eigenvalue weighted by Crippen LogP contribution is -2.44. The van der Waals surface area contributed by atoms with Crippen molar-refractivity contribution in [1.29, 1.82) is 0 Å². The van der Waals surface area contributed by atoms with Crippen LogP contribution in [0.2, 0.25) is 18.1 Å². The van der Waals surface area contributed by atoms with E-state index in [1.54, 1.807) is 14.2 Å². The minimum absolute atomic E-state index is 0.0110. The average molecular weight is 447 g/mol. The summed E-state index contributed by atoms with van der Waals surface area (Å²) in [5.74, 6) is 1.21. The number of hydrogen-bond donors (Lipinski definition) is 0. The molecule has 0 fully saturated rings. The van der Waals surface area contributed by atoms with Gasteiger partial charge in [0.15, 0.2) is 16.9 Å². The predicted octanol–water partition coefficient (Wildman–Crippen LogP) is 6.36. The molecule has 1 unspecified atom stereocenters. The van der Waals surface area contributed by atoms with Gasteiger partial charge in [0.1, 0.15) is 0 Å². The van der Waals surface area contributed by atoms with E-state index in [1.165, 1.54) is 11.8 Å². The largest absolute Gasteiger partial charge is 0.541 e. The topological polar surface area (TPSA) is 54.0 Å². The van der Waals surface area contributed by atoms with Crippen LogP contribution in [-0.2, 0) is 4.74 Å². The maximum Gasteiger partial charge on any atom is 0.340 e. The Morgan fingerprint density at radius 3 is 2.13 bits per heavy atom. The standard InChI is InChI=1S/C23H30O5SSi/c1-14-16-17(22(27-21(16)24)29-15-12-10-9-11-13-15)19(25-5)20(26-6)18(14)28-30(7,8)23(2,3)4/h9-13,22H,1-8H3. The van der Waals surface area contributed by atoms with Gasteiger partial charge in [-0.2, -0.15) is 0 Å². The van der Waals surface area contributed by atoms with Gasteiger partial charge in [0.05, 0.1) is 25.3 Å². The van der Waals surface area contributed by atoms with Gasteiger partial charge in [0.2, 0.25) is 5.75 Å². The third-order valence-corrected chi connectivity index (χ3v) is 11.3. The molecular formula is C23H30O5SSi. The zero-order valence-corrected chi connectivity index (χ0v) is 20.7. The van der Waals surface area contributed by atoms with E-state index < -0.39 is 13.8 Å². The van der Waals surface area contributed by atoms with Crippen molar-refractivity contribution in [2.75, 3.05) is 14.2 Å². The molecule has 0 N–H and O–H groups in total. The molecule has 1 aliphatic rings. The highest BCUT2D eigenvalue weighted by atomic mass is 32.2. The lowest BCUT2D eigenvalue weighted by atomic mass is 10.0. The Bertz CT molecular complexity index is 951. The number of carbonyl (C=O) groups is 1. The minimum Gasteiger partial charge on any atom is -0.541 e. The van der Waals surface area contributed by atoms with Gasteiger partial charge >= 0.3 is 5.97 Å². The van der Waals surface area contributed by atoms with Crippen molar-refractivity contribution in [1.82, 2.24) is 0 Å². The highest BCUT2D eigenvalue weighted by Crippen LogP contribution is 2.55. The molecule has 5 nitrogen and oxygen atoms in total. The van der Waals surface area contributed by atoms with Crippen LogP contribution < -0.4 is 13.9 Å². The molecule has 0 spiro atoms. The van der Waals surface area contributed by atoms with Crippen molar-refractivity contribution in [3.63, 3.8) is 0 Å². The van der Waals surface area contributed by atoms with Crippen LogP contribution in [0.25, 0.3) is 0 Å². The Kier molecular flexibility index (Phi) is 6.16. The fourth-order valence-corrected chi connectivity index (χ4v) is 5.25. The van der Waals surface area contributed by atoms with E-state index in [1.807, 2.05) is 37.3 Å². The van der Waals surface area contributed by atoms with Crippen LogP contribution >= 0.6 is 11.8 Å². The average Bonchev–Trinajstić information content (AvgIpc) is 2.99. The zero-order valence-electron chi connectivity index (χ0n) is 18.9. The van der Waals surface area contributed by atoms with Crippen LogP contribution in [0.3, 0.4) is 0 Å². The first-order valence-corrected chi connectivity index (χ1v) is 13.7. The van der Waals surface area contributed by atoms with Gasteiger partial charge in [0, 0.05) is 10.5 Å². The minimum atomic E-state index is -2.19. The van der Waals surface area contributed by atoms with Gasteiger partial charge in [-0.05, 0) is 37.2 Å². The lowest BCUT2D eigenvalue weighted by molar-refractivity contribution is 0.0520. The van der Waals surface area contributed by atoms with Crippen molar-refractivity contribution in [2.24, 2.45) is 0 Å². The summed E-state index contributed by atoms with van der Waals surface area (Å²) in [5, 5.41) is -0.0110. The Hall–Kier alpha value is -2.12. The number of methoxy groups -OCH3 is 2. The van der Waals surface area contributed by atoms with E-state index >= 15 is 0 Å². The number of thioether (sulfide) groups is 1. The van der Waals surface area contributed by atoms with Crippen molar-refractivity contribution in [3.8, 4) is 17.2 Å². The van der Waals surface area contributed by atoms with Crippen LogP contribution in [0.4, 0.5) is 0 Å². The van der Waals surface area contributed by atoms with E-state index in [9.17, 15) is 4.79 Å². The first-order valence-electron chi connectivity index (χ1n) is 9.92. The Morgan fingerprint density at radius 2 is 1.60 bits per heavy atom. The quantitative estimate of drug-likeness (QED) is 0.380. The summed E-state index contributed by atoms with van der Waals surface area (Å²) < 4.78 is 23.9. The monoisotopic (exact) mass is 446 g/mol. The normalized spacial score (nSPS) is 16.1. The number of hydrogen-bond acceptors (Lipinski definition) is 6. The number of carbonyl (C=O) groups excluding carboxylic acids is 1. The second-order valence-corrected chi connectivity index (χ2v) is 14.7. The molecule has 2 aromatic rings. The number of benzene rings is 2. The van der Waals surface area contributed by atoms with E-state index in [4.69, 9.17) is 18.6 Å². The fraction of sp³-hybridized carbons (Fsp3) is 0.435. The van der Waals surface area contributed by atoms with Crippen LogP contribution in [0.5, 0.6) is 17.2 Å². The molecule has 0 saturated heterocycles. The zero-order chi connectivity index (χ0) is 22.3. The number of ether oxygens (including phenoxy) is 3. The molecule has 0 aromatic heterocycles. The van der Waals surface area contributed by atoms with Gasteiger partial charge < -0.3 is 18.6 Å². The summed E-state index contributed by atoms with van der Waals surface area (Å²) in [4.78, 5) is 13.9. The maximum atomic E-state index is 12.9. The van der Waals surface area contributed by atoms with Gasteiger partial charge in [-0.1, -0.05) is 50.7 Å². The maximum absolute atomic E-state index is 12.9. The second-order valence-electron chi connectivity index (χ2n) is 8.84. The van der Waals surface area contributed by atoms with Gasteiger partial charge in [-0.3, -0.25) is 0 Å². The highest BCUT2D eigenvalue weighted by molar-refractivity contribution is 7.99.